The molecule has 6 rings (SSSR count). The molecular formula is C22H15N5O2. The number of hydrogen-bond acceptors (Lipinski definition) is 5. The van der Waals surface area contributed by atoms with Crippen LogP contribution >= 0.6 is 0 Å². The van der Waals surface area contributed by atoms with Gasteiger partial charge in [0.1, 0.15) is 0 Å². The van der Waals surface area contributed by atoms with Crippen LogP contribution in [0.5, 0.6) is 0 Å². The number of imidazole rings is 1. The number of amides is 2. The van der Waals surface area contributed by atoms with Crippen LogP contribution in [-0.4, -0.2) is 34.0 Å². The van der Waals surface area contributed by atoms with Gasteiger partial charge in [-0.15, -0.1) is 0 Å². The van der Waals surface area contributed by atoms with Crippen LogP contribution in [0.4, 0.5) is 5.69 Å². The second-order valence-corrected chi connectivity index (χ2v) is 7.17. The quantitative estimate of drug-likeness (QED) is 0.667. The molecule has 1 aromatic heterocycles. The summed E-state index contributed by atoms with van der Waals surface area (Å²) >= 11 is 0. The van der Waals surface area contributed by atoms with E-state index in [-0.39, 0.29) is 5.57 Å². The number of nitrogens with one attached hydrogen (secondary N) is 2. The molecular weight excluding hydrogens is 366 g/mol. The maximum Gasteiger partial charge on any atom is 0.261 e. The lowest BCUT2D eigenvalue weighted by molar-refractivity contribution is -0.123. The Morgan fingerprint density at radius 3 is 2.72 bits per heavy atom. The molecule has 29 heavy (non-hydrogen) atoms. The van der Waals surface area contributed by atoms with Gasteiger partial charge in [-0.2, -0.15) is 0 Å². The van der Waals surface area contributed by atoms with Crippen molar-refractivity contribution in [2.75, 3.05) is 11.4 Å². The molecule has 2 N–H and O–H groups in total. The normalized spacial score (nSPS) is 17.7. The van der Waals surface area contributed by atoms with Gasteiger partial charge in [-0.1, -0.05) is 30.3 Å². The van der Waals surface area contributed by atoms with Crippen molar-refractivity contribution in [3.8, 4) is 0 Å². The third kappa shape index (κ3) is 2.18. The molecule has 0 saturated heterocycles. The molecule has 2 aromatic carbocycles. The number of carbonyl (C=O) groups excluding carboxylic acids is 2. The molecule has 0 spiro atoms. The first-order chi connectivity index (χ1) is 14.2. The van der Waals surface area contributed by atoms with Gasteiger partial charge >= 0.3 is 0 Å². The number of H-pyrrole nitrogens is 1. The molecule has 7 nitrogen and oxygen atoms in total. The van der Waals surface area contributed by atoms with E-state index in [0.717, 1.165) is 29.7 Å². The van der Waals surface area contributed by atoms with E-state index in [9.17, 15) is 9.59 Å². The number of rotatable bonds is 2. The lowest BCUT2D eigenvalue weighted by atomic mass is 9.92. The van der Waals surface area contributed by atoms with Crippen LogP contribution in [0.15, 0.2) is 65.7 Å². The Labute approximate surface area is 165 Å². The predicted molar refractivity (Wildman–Crippen MR) is 109 cm³/mol. The molecule has 7 heteroatoms. The summed E-state index contributed by atoms with van der Waals surface area (Å²) in [6, 6.07) is 11.6. The van der Waals surface area contributed by atoms with Crippen LogP contribution in [0.2, 0.25) is 0 Å². The molecule has 4 heterocycles. The molecule has 3 aliphatic heterocycles. The van der Waals surface area contributed by atoms with E-state index < -0.39 is 11.8 Å². The van der Waals surface area contributed by atoms with Gasteiger partial charge in [0.15, 0.2) is 0 Å². The highest BCUT2D eigenvalue weighted by Gasteiger charge is 2.37. The first kappa shape index (κ1) is 16.0. The zero-order chi connectivity index (χ0) is 19.5. The number of carbonyl (C=O) groups is 2. The van der Waals surface area contributed by atoms with Crippen LogP contribution in [-0.2, 0) is 16.0 Å². The minimum absolute atomic E-state index is 0.289. The molecule has 0 radical (unpaired) electrons. The van der Waals surface area contributed by atoms with Crippen molar-refractivity contribution in [2.45, 2.75) is 6.42 Å². The third-order valence-corrected chi connectivity index (χ3v) is 5.62. The zero-order valence-electron chi connectivity index (χ0n) is 15.3. The van der Waals surface area contributed by atoms with Crippen molar-refractivity contribution in [2.24, 2.45) is 4.99 Å². The van der Waals surface area contributed by atoms with Gasteiger partial charge in [0, 0.05) is 30.1 Å². The summed E-state index contributed by atoms with van der Waals surface area (Å²) < 4.78 is 0. The average molecular weight is 381 g/mol. The van der Waals surface area contributed by atoms with Crippen LogP contribution in [0.3, 0.4) is 0 Å². The SMILES string of the molecule is O=C1NC(=O)C(c2cccc3[nH]cnc23)=C1C1=NC=CN2CCc3cccc1c32. The molecule has 0 bridgehead atoms. The Balaban J connectivity index is 1.66. The van der Waals surface area contributed by atoms with Gasteiger partial charge in [0.2, 0.25) is 0 Å². The van der Waals surface area contributed by atoms with Gasteiger partial charge < -0.3 is 9.88 Å². The first-order valence-electron chi connectivity index (χ1n) is 9.38. The molecule has 3 aliphatic rings. The number of benzene rings is 2. The minimum Gasteiger partial charge on any atom is -0.345 e. The number of nitrogens with zero attached hydrogens (tertiary/aromatic N) is 3. The van der Waals surface area contributed by atoms with Crippen molar-refractivity contribution in [1.82, 2.24) is 15.3 Å². The molecule has 0 atom stereocenters. The van der Waals surface area contributed by atoms with Gasteiger partial charge in [-0.05, 0) is 18.1 Å². The summed E-state index contributed by atoms with van der Waals surface area (Å²) in [7, 11) is 0. The Hall–Kier alpha value is -4.00. The Morgan fingerprint density at radius 1 is 0.966 bits per heavy atom. The molecule has 140 valence electrons. The van der Waals surface area contributed by atoms with E-state index in [2.05, 4.69) is 31.2 Å². The molecule has 0 aliphatic carbocycles. The Bertz CT molecular complexity index is 1330. The minimum atomic E-state index is -0.436. The summed E-state index contributed by atoms with van der Waals surface area (Å²) in [6.45, 7) is 0.870. The summed E-state index contributed by atoms with van der Waals surface area (Å²) in [5.74, 6) is -0.866. The summed E-state index contributed by atoms with van der Waals surface area (Å²) in [6.07, 6.45) is 6.13. The standard InChI is InChI=1S/C22H15N5O2/c28-21-16(13-4-2-6-15-18(13)25-11-24-15)17(22(29)26-21)19-14-5-1-3-12-7-9-27(20(12)14)10-8-23-19/h1-6,8,10-11H,7,9H2,(H,24,25)(H,26,28,29). The smallest absolute Gasteiger partial charge is 0.261 e. The van der Waals surface area contributed by atoms with E-state index in [0.29, 0.717) is 22.4 Å². The first-order valence-corrected chi connectivity index (χ1v) is 9.38. The molecule has 2 amide bonds. The van der Waals surface area contributed by atoms with E-state index in [1.165, 1.54) is 5.56 Å². The molecule has 0 fully saturated rings. The van der Waals surface area contributed by atoms with Crippen molar-refractivity contribution in [1.29, 1.82) is 0 Å². The Morgan fingerprint density at radius 2 is 1.79 bits per heavy atom. The maximum absolute atomic E-state index is 12.9. The van der Waals surface area contributed by atoms with Gasteiger partial charge in [0.05, 0.1) is 39.9 Å². The van der Waals surface area contributed by atoms with Crippen molar-refractivity contribution >= 4 is 39.8 Å². The van der Waals surface area contributed by atoms with Crippen molar-refractivity contribution in [3.63, 3.8) is 0 Å². The van der Waals surface area contributed by atoms with Crippen LogP contribution in [0, 0.1) is 0 Å². The van der Waals surface area contributed by atoms with E-state index in [4.69, 9.17) is 0 Å². The summed E-state index contributed by atoms with van der Waals surface area (Å²) in [4.78, 5) is 39.9. The topological polar surface area (TPSA) is 90.4 Å². The van der Waals surface area contributed by atoms with E-state index in [1.807, 2.05) is 36.5 Å². The van der Waals surface area contributed by atoms with Crippen molar-refractivity contribution in [3.05, 3.63) is 77.4 Å². The monoisotopic (exact) mass is 381 g/mol. The predicted octanol–water partition coefficient (Wildman–Crippen LogP) is 2.31. The lowest BCUT2D eigenvalue weighted by Gasteiger charge is -2.17. The second kappa shape index (κ2) is 5.75. The lowest BCUT2D eigenvalue weighted by Crippen LogP contribution is -2.25. The second-order valence-electron chi connectivity index (χ2n) is 7.17. The highest BCUT2D eigenvalue weighted by molar-refractivity contribution is 6.48. The van der Waals surface area contributed by atoms with Gasteiger partial charge in [-0.3, -0.25) is 19.9 Å². The Kier molecular flexibility index (Phi) is 3.17. The fourth-order valence-corrected chi connectivity index (χ4v) is 4.39. The number of imide groups is 1. The van der Waals surface area contributed by atoms with Crippen LogP contribution in [0.25, 0.3) is 16.6 Å². The largest absolute Gasteiger partial charge is 0.345 e. The number of fused-ring (bicyclic) bond motifs is 1. The molecule has 3 aromatic rings. The van der Waals surface area contributed by atoms with E-state index in [1.54, 1.807) is 12.5 Å². The van der Waals surface area contributed by atoms with Crippen molar-refractivity contribution < 1.29 is 9.59 Å². The highest BCUT2D eigenvalue weighted by Crippen LogP contribution is 2.38. The highest BCUT2D eigenvalue weighted by atomic mass is 16.2. The van der Waals surface area contributed by atoms with E-state index >= 15 is 0 Å². The number of aliphatic imine (C=N–C) groups is 1. The van der Waals surface area contributed by atoms with Gasteiger partial charge in [-0.25, -0.2) is 4.98 Å². The average Bonchev–Trinajstić information content (AvgIpc) is 3.39. The fraction of sp³-hybridized carbons (Fsp3) is 0.0909. The number of para-hydroxylation sites is 2. The van der Waals surface area contributed by atoms with Crippen LogP contribution < -0.4 is 10.2 Å². The summed E-state index contributed by atoms with van der Waals surface area (Å²) in [5.41, 5.74) is 6.29. The zero-order valence-corrected chi connectivity index (χ0v) is 15.3. The number of aromatic nitrogens is 2. The number of hydrogen-bond donors (Lipinski definition) is 2. The number of anilines is 1. The molecule has 0 saturated carbocycles. The molecule has 0 unspecified atom stereocenters. The van der Waals surface area contributed by atoms with Crippen LogP contribution in [0.1, 0.15) is 16.7 Å². The number of aromatic amines is 1. The van der Waals surface area contributed by atoms with Gasteiger partial charge in [0.25, 0.3) is 11.8 Å². The fourth-order valence-electron chi connectivity index (χ4n) is 4.39. The maximum atomic E-state index is 12.9. The summed E-state index contributed by atoms with van der Waals surface area (Å²) in [5, 5.41) is 2.45. The third-order valence-electron chi connectivity index (χ3n) is 5.62.